The molecule has 1 saturated carbocycles. The van der Waals surface area contributed by atoms with Gasteiger partial charge >= 0.3 is 12.1 Å². The SMILES string of the molecule is Cc1c(N2CC[C@@H](N3CCN(C(=O)OCc4ccccc4)CC3)C2)c(F)cn2c(=O)c(C(=O)O)cc(C3CC3)c12. The van der Waals surface area contributed by atoms with Crippen molar-refractivity contribution in [3.63, 3.8) is 0 Å². The highest BCUT2D eigenvalue weighted by molar-refractivity contribution is 5.89. The molecule has 3 aliphatic rings. The fraction of sp³-hybridized carbons (Fsp3) is 0.433. The number of piperazine rings is 1. The first-order valence-corrected chi connectivity index (χ1v) is 13.9. The van der Waals surface area contributed by atoms with Crippen LogP contribution in [0.1, 0.15) is 52.2 Å². The first-order chi connectivity index (χ1) is 19.3. The molecule has 0 bridgehead atoms. The number of nitrogens with zero attached hydrogens (tertiary/aromatic N) is 4. The minimum atomic E-state index is -1.30. The molecule has 0 spiro atoms. The Balaban J connectivity index is 1.15. The number of carbonyl (C=O) groups is 2. The van der Waals surface area contributed by atoms with Crippen LogP contribution in [0.5, 0.6) is 0 Å². The number of aromatic carboxylic acids is 1. The average molecular weight is 549 g/mol. The van der Waals surface area contributed by atoms with Gasteiger partial charge in [-0.05, 0) is 54.9 Å². The molecule has 40 heavy (non-hydrogen) atoms. The largest absolute Gasteiger partial charge is 0.477 e. The van der Waals surface area contributed by atoms with E-state index in [1.165, 1.54) is 10.5 Å². The zero-order valence-corrected chi connectivity index (χ0v) is 22.5. The van der Waals surface area contributed by atoms with Gasteiger partial charge in [-0.2, -0.15) is 0 Å². The molecule has 9 nitrogen and oxygen atoms in total. The maximum Gasteiger partial charge on any atom is 0.410 e. The lowest BCUT2D eigenvalue weighted by molar-refractivity contribution is 0.0624. The first-order valence-electron chi connectivity index (χ1n) is 13.9. The molecule has 1 aromatic carbocycles. The first kappa shape index (κ1) is 26.3. The molecular formula is C30H33FN4O5. The molecule has 1 atom stereocenters. The van der Waals surface area contributed by atoms with Gasteiger partial charge in [0.2, 0.25) is 0 Å². The number of ether oxygens (including phenoxy) is 1. The minimum Gasteiger partial charge on any atom is -0.477 e. The summed E-state index contributed by atoms with van der Waals surface area (Å²) in [5.41, 5.74) is 2.50. The Morgan fingerprint density at radius 1 is 1.05 bits per heavy atom. The Kier molecular flexibility index (Phi) is 6.95. The fourth-order valence-electron chi connectivity index (χ4n) is 6.21. The Hall–Kier alpha value is -3.92. The van der Waals surface area contributed by atoms with Gasteiger partial charge in [-0.25, -0.2) is 14.0 Å². The molecule has 1 N–H and O–H groups in total. The Labute approximate surface area is 231 Å². The second kappa shape index (κ2) is 10.6. The van der Waals surface area contributed by atoms with Crippen LogP contribution in [0.4, 0.5) is 14.9 Å². The van der Waals surface area contributed by atoms with Crippen LogP contribution in [-0.2, 0) is 11.3 Å². The Morgan fingerprint density at radius 2 is 1.77 bits per heavy atom. The van der Waals surface area contributed by atoms with E-state index in [1.54, 1.807) is 4.90 Å². The van der Waals surface area contributed by atoms with Crippen LogP contribution in [0.2, 0.25) is 0 Å². The number of carboxylic acid groups (broad SMARTS) is 1. The highest BCUT2D eigenvalue weighted by Crippen LogP contribution is 2.44. The number of carboxylic acids is 1. The summed E-state index contributed by atoms with van der Waals surface area (Å²) < 4.78 is 22.3. The standard InChI is InChI=1S/C30H33FN4O5/c1-19-26-23(21-7-8-21)15-24(29(37)38)28(36)35(26)17-25(31)27(19)34-10-9-22(16-34)32-11-13-33(14-12-32)30(39)40-18-20-5-3-2-4-6-20/h2-6,15,17,21-22H,7-14,16,18H2,1H3,(H,37,38)/t22-/m1/s1. The minimum absolute atomic E-state index is 0.188. The average Bonchev–Trinajstić information content (AvgIpc) is 3.69. The monoisotopic (exact) mass is 548 g/mol. The van der Waals surface area contributed by atoms with Crippen molar-refractivity contribution < 1.29 is 23.8 Å². The molecule has 2 aromatic heterocycles. The van der Waals surface area contributed by atoms with E-state index < -0.39 is 17.3 Å². The van der Waals surface area contributed by atoms with E-state index in [0.29, 0.717) is 42.9 Å². The van der Waals surface area contributed by atoms with E-state index in [2.05, 4.69) is 4.90 Å². The number of carbonyl (C=O) groups excluding carboxylic acids is 1. The topological polar surface area (TPSA) is 94.8 Å². The maximum absolute atomic E-state index is 15.6. The van der Waals surface area contributed by atoms with Crippen LogP contribution in [0.25, 0.3) is 5.52 Å². The number of aromatic nitrogens is 1. The molecule has 3 fully saturated rings. The molecule has 2 aliphatic heterocycles. The number of halogens is 1. The van der Waals surface area contributed by atoms with E-state index in [0.717, 1.165) is 49.7 Å². The lowest BCUT2D eigenvalue weighted by atomic mass is 10.0. The third-order valence-corrected chi connectivity index (χ3v) is 8.46. The van der Waals surface area contributed by atoms with Gasteiger partial charge < -0.3 is 19.6 Å². The lowest BCUT2D eigenvalue weighted by Crippen LogP contribution is -2.52. The predicted octanol–water partition coefficient (Wildman–Crippen LogP) is 3.86. The predicted molar refractivity (Wildman–Crippen MR) is 148 cm³/mol. The molecule has 6 rings (SSSR count). The molecule has 4 heterocycles. The second-order valence-corrected chi connectivity index (χ2v) is 11.0. The van der Waals surface area contributed by atoms with Crippen molar-refractivity contribution in [3.8, 4) is 0 Å². The molecule has 3 aromatic rings. The van der Waals surface area contributed by atoms with Crippen molar-refractivity contribution >= 4 is 23.3 Å². The van der Waals surface area contributed by atoms with E-state index in [-0.39, 0.29) is 30.2 Å². The number of hydrogen-bond acceptors (Lipinski definition) is 6. The molecule has 1 aliphatic carbocycles. The summed E-state index contributed by atoms with van der Waals surface area (Å²) in [6.45, 7) is 5.98. The van der Waals surface area contributed by atoms with Crippen molar-refractivity contribution in [1.82, 2.24) is 14.2 Å². The van der Waals surface area contributed by atoms with Crippen molar-refractivity contribution in [2.24, 2.45) is 0 Å². The number of pyridine rings is 2. The highest BCUT2D eigenvalue weighted by atomic mass is 19.1. The fourth-order valence-corrected chi connectivity index (χ4v) is 6.21. The summed E-state index contributed by atoms with van der Waals surface area (Å²) in [4.78, 5) is 43.3. The van der Waals surface area contributed by atoms with Gasteiger partial charge in [0, 0.05) is 45.3 Å². The summed E-state index contributed by atoms with van der Waals surface area (Å²) in [5, 5.41) is 9.54. The number of fused-ring (bicyclic) bond motifs is 1. The lowest BCUT2D eigenvalue weighted by Gasteiger charge is -2.37. The molecule has 0 radical (unpaired) electrons. The van der Waals surface area contributed by atoms with Crippen LogP contribution in [-0.4, -0.2) is 76.7 Å². The molecular weight excluding hydrogens is 515 g/mol. The quantitative estimate of drug-likeness (QED) is 0.500. The number of amides is 1. The Bertz CT molecular complexity index is 1510. The van der Waals surface area contributed by atoms with Gasteiger partial charge in [-0.3, -0.25) is 14.1 Å². The summed E-state index contributed by atoms with van der Waals surface area (Å²) in [5.74, 6) is -1.63. The number of hydrogen-bond donors (Lipinski definition) is 1. The van der Waals surface area contributed by atoms with Crippen molar-refractivity contribution in [2.45, 2.75) is 44.8 Å². The van der Waals surface area contributed by atoms with Gasteiger partial charge in [-0.1, -0.05) is 30.3 Å². The number of aryl methyl sites for hydroxylation is 1. The van der Waals surface area contributed by atoms with Crippen LogP contribution >= 0.6 is 0 Å². The third-order valence-electron chi connectivity index (χ3n) is 8.46. The van der Waals surface area contributed by atoms with Gasteiger partial charge in [0.15, 0.2) is 5.82 Å². The van der Waals surface area contributed by atoms with Crippen LogP contribution < -0.4 is 10.5 Å². The van der Waals surface area contributed by atoms with Crippen LogP contribution in [0, 0.1) is 12.7 Å². The molecule has 0 unspecified atom stereocenters. The summed E-state index contributed by atoms with van der Waals surface area (Å²) in [6, 6.07) is 11.3. The number of benzene rings is 1. The molecule has 2 saturated heterocycles. The normalized spacial score (nSPS) is 19.8. The van der Waals surface area contributed by atoms with Crippen LogP contribution in [0.15, 0.2) is 47.4 Å². The summed E-state index contributed by atoms with van der Waals surface area (Å²) >= 11 is 0. The van der Waals surface area contributed by atoms with Crippen LogP contribution in [0.3, 0.4) is 0 Å². The number of rotatable bonds is 6. The number of anilines is 1. The Morgan fingerprint density at radius 3 is 2.45 bits per heavy atom. The van der Waals surface area contributed by atoms with Crippen molar-refractivity contribution in [2.75, 3.05) is 44.2 Å². The van der Waals surface area contributed by atoms with Crippen molar-refractivity contribution in [3.05, 3.63) is 81.0 Å². The van der Waals surface area contributed by atoms with Crippen molar-refractivity contribution in [1.29, 1.82) is 0 Å². The van der Waals surface area contributed by atoms with Gasteiger partial charge in [0.25, 0.3) is 5.56 Å². The van der Waals surface area contributed by atoms with Gasteiger partial charge in [0.1, 0.15) is 12.2 Å². The van der Waals surface area contributed by atoms with E-state index in [9.17, 15) is 19.5 Å². The van der Waals surface area contributed by atoms with E-state index >= 15 is 4.39 Å². The van der Waals surface area contributed by atoms with E-state index in [4.69, 9.17) is 4.74 Å². The zero-order valence-electron chi connectivity index (χ0n) is 22.5. The molecule has 1 amide bonds. The van der Waals surface area contributed by atoms with Gasteiger partial charge in [-0.15, -0.1) is 0 Å². The summed E-state index contributed by atoms with van der Waals surface area (Å²) in [6.07, 6.45) is 3.57. The van der Waals surface area contributed by atoms with Gasteiger partial charge in [0.05, 0.1) is 17.4 Å². The molecule has 10 heteroatoms. The third kappa shape index (κ3) is 4.92. The molecule has 210 valence electrons. The van der Waals surface area contributed by atoms with E-state index in [1.807, 2.05) is 42.2 Å². The summed E-state index contributed by atoms with van der Waals surface area (Å²) in [7, 11) is 0. The second-order valence-electron chi connectivity index (χ2n) is 11.0. The zero-order chi connectivity index (χ0) is 28.0. The highest BCUT2D eigenvalue weighted by Gasteiger charge is 2.35. The smallest absolute Gasteiger partial charge is 0.410 e. The maximum atomic E-state index is 15.6.